The molecule has 1 N–H and O–H groups in total. The van der Waals surface area contributed by atoms with Crippen LogP contribution in [0.15, 0.2) is 48.5 Å². The topological polar surface area (TPSA) is 37.4 Å². The van der Waals surface area contributed by atoms with Crippen LogP contribution in [0.3, 0.4) is 0 Å². The van der Waals surface area contributed by atoms with Crippen molar-refractivity contribution in [2.75, 3.05) is 31.6 Å². The van der Waals surface area contributed by atoms with Crippen LogP contribution >= 0.6 is 11.5 Å². The summed E-state index contributed by atoms with van der Waals surface area (Å²) in [5, 5.41) is 4.63. The highest BCUT2D eigenvalue weighted by molar-refractivity contribution is 7.13. The number of nitrogens with one attached hydrogen (secondary N) is 1. The molecule has 5 heteroatoms. The van der Waals surface area contributed by atoms with Crippen LogP contribution < -0.4 is 10.1 Å². The maximum atomic E-state index is 5.98. The summed E-state index contributed by atoms with van der Waals surface area (Å²) >= 11 is 1.54. The third kappa shape index (κ3) is 5.94. The monoisotopic (exact) mass is 397 g/mol. The number of aromatic nitrogens is 1. The molecule has 0 amide bonds. The highest BCUT2D eigenvalue weighted by atomic mass is 32.1. The molecule has 28 heavy (non-hydrogen) atoms. The summed E-state index contributed by atoms with van der Waals surface area (Å²) < 4.78 is 11.7. The molecule has 0 saturated heterocycles. The van der Waals surface area contributed by atoms with E-state index in [0.717, 1.165) is 44.2 Å². The molecule has 0 unspecified atom stereocenters. The summed E-state index contributed by atoms with van der Waals surface area (Å²) in [6.45, 7) is 9.33. The summed E-state index contributed by atoms with van der Waals surface area (Å²) in [5.41, 5.74) is 1.33. The third-order valence-electron chi connectivity index (χ3n) is 4.64. The Kier molecular flexibility index (Phi) is 8.12. The Balaban J connectivity index is 1.43. The average Bonchev–Trinajstić information content (AvgIpc) is 3.12. The average molecular weight is 398 g/mol. The van der Waals surface area contributed by atoms with E-state index >= 15 is 0 Å². The molecule has 0 saturated carbocycles. The molecule has 0 spiro atoms. The van der Waals surface area contributed by atoms with Gasteiger partial charge in [-0.15, -0.1) is 0 Å². The largest absolute Gasteiger partial charge is 0.494 e. The van der Waals surface area contributed by atoms with Crippen molar-refractivity contribution in [1.29, 1.82) is 0 Å². The first-order valence-corrected chi connectivity index (χ1v) is 11.1. The highest BCUT2D eigenvalue weighted by Crippen LogP contribution is 2.26. The zero-order chi connectivity index (χ0) is 19.6. The Morgan fingerprint density at radius 1 is 1.04 bits per heavy atom. The Bertz CT molecular complexity index is 842. The van der Waals surface area contributed by atoms with Gasteiger partial charge in [-0.3, -0.25) is 4.90 Å². The van der Waals surface area contributed by atoms with Crippen LogP contribution in [0.5, 0.6) is 5.75 Å². The molecule has 150 valence electrons. The van der Waals surface area contributed by atoms with Gasteiger partial charge in [0.2, 0.25) is 0 Å². The van der Waals surface area contributed by atoms with Gasteiger partial charge in [0, 0.05) is 18.5 Å². The molecule has 0 bridgehead atoms. The van der Waals surface area contributed by atoms with Gasteiger partial charge < -0.3 is 10.1 Å². The zero-order valence-electron chi connectivity index (χ0n) is 17.0. The van der Waals surface area contributed by atoms with Gasteiger partial charge in [-0.2, -0.15) is 4.37 Å². The molecule has 3 aromatic rings. The van der Waals surface area contributed by atoms with E-state index in [1.165, 1.54) is 40.0 Å². The smallest absolute Gasteiger partial charge is 0.147 e. The van der Waals surface area contributed by atoms with Crippen molar-refractivity contribution >= 4 is 27.4 Å². The van der Waals surface area contributed by atoms with Crippen molar-refractivity contribution in [1.82, 2.24) is 9.27 Å². The van der Waals surface area contributed by atoms with Crippen LogP contribution in [0.1, 0.15) is 38.7 Å². The van der Waals surface area contributed by atoms with Gasteiger partial charge in [-0.25, -0.2) is 0 Å². The van der Waals surface area contributed by atoms with E-state index < -0.39 is 0 Å². The van der Waals surface area contributed by atoms with Crippen molar-refractivity contribution < 1.29 is 4.74 Å². The number of ether oxygens (including phenoxy) is 1. The van der Waals surface area contributed by atoms with Gasteiger partial charge in [0.1, 0.15) is 11.6 Å². The number of hydrogen-bond acceptors (Lipinski definition) is 5. The Hall–Kier alpha value is -2.11. The molecule has 0 fully saturated rings. The number of nitrogens with zero attached hydrogens (tertiary/aromatic N) is 2. The fourth-order valence-electron chi connectivity index (χ4n) is 3.38. The second-order valence-electron chi connectivity index (χ2n) is 7.08. The van der Waals surface area contributed by atoms with Crippen LogP contribution in [0, 0.1) is 0 Å². The predicted molar refractivity (Wildman–Crippen MR) is 121 cm³/mol. The van der Waals surface area contributed by atoms with Crippen molar-refractivity contribution in [2.45, 2.75) is 39.7 Å². The fraction of sp³-hybridized carbons (Fsp3) is 0.435. The Morgan fingerprint density at radius 3 is 2.68 bits per heavy atom. The highest BCUT2D eigenvalue weighted by Gasteiger charge is 2.06. The van der Waals surface area contributed by atoms with Crippen LogP contribution in [-0.2, 0) is 6.54 Å². The number of hydrogen-bond donors (Lipinski definition) is 1. The van der Waals surface area contributed by atoms with Gasteiger partial charge >= 0.3 is 0 Å². The minimum absolute atomic E-state index is 0.701. The molecular formula is C23H31N3OS. The Labute approximate surface area is 172 Å². The lowest BCUT2D eigenvalue weighted by Crippen LogP contribution is -2.24. The van der Waals surface area contributed by atoms with E-state index in [1.54, 1.807) is 0 Å². The summed E-state index contributed by atoms with van der Waals surface area (Å²) in [4.78, 5) is 2.52. The Morgan fingerprint density at radius 2 is 1.86 bits per heavy atom. The minimum atomic E-state index is 0.701. The molecule has 0 atom stereocenters. The molecule has 0 aliphatic heterocycles. The zero-order valence-corrected chi connectivity index (χ0v) is 17.8. The summed E-state index contributed by atoms with van der Waals surface area (Å²) in [5.74, 6) is 1.94. The molecule has 4 nitrogen and oxygen atoms in total. The number of fused-ring (bicyclic) bond motifs is 1. The van der Waals surface area contributed by atoms with E-state index in [0.29, 0.717) is 6.61 Å². The van der Waals surface area contributed by atoms with Gasteiger partial charge in [-0.05, 0) is 73.7 Å². The number of rotatable bonds is 12. The second kappa shape index (κ2) is 11.0. The number of anilines is 1. The van der Waals surface area contributed by atoms with Crippen LogP contribution in [-0.4, -0.2) is 35.5 Å². The van der Waals surface area contributed by atoms with Crippen LogP contribution in [0.4, 0.5) is 5.82 Å². The first-order valence-electron chi connectivity index (χ1n) is 10.3. The summed E-state index contributed by atoms with van der Waals surface area (Å²) in [7, 11) is 0. The first-order chi connectivity index (χ1) is 13.8. The van der Waals surface area contributed by atoms with Crippen LogP contribution in [0.2, 0.25) is 0 Å². The van der Waals surface area contributed by atoms with Gasteiger partial charge in [0.15, 0.2) is 0 Å². The number of benzene rings is 2. The molecule has 1 aromatic heterocycles. The minimum Gasteiger partial charge on any atom is -0.494 e. The SMILES string of the molecule is CCCN(CCC)Cc1cccc(OCCCNc2nsc3ccccc23)c1. The summed E-state index contributed by atoms with van der Waals surface area (Å²) in [6.07, 6.45) is 3.32. The van der Waals surface area contributed by atoms with Crippen molar-refractivity contribution in [3.05, 3.63) is 54.1 Å². The third-order valence-corrected chi connectivity index (χ3v) is 5.47. The van der Waals surface area contributed by atoms with E-state index in [1.807, 2.05) is 0 Å². The molecule has 0 aliphatic rings. The second-order valence-corrected chi connectivity index (χ2v) is 7.88. The predicted octanol–water partition coefficient (Wildman–Crippen LogP) is 5.80. The normalized spacial score (nSPS) is 11.2. The lowest BCUT2D eigenvalue weighted by atomic mass is 10.2. The van der Waals surface area contributed by atoms with Crippen molar-refractivity contribution in [2.24, 2.45) is 0 Å². The van der Waals surface area contributed by atoms with E-state index in [4.69, 9.17) is 4.74 Å². The van der Waals surface area contributed by atoms with Crippen LogP contribution in [0.25, 0.3) is 10.1 Å². The lowest BCUT2D eigenvalue weighted by molar-refractivity contribution is 0.265. The molecule has 0 radical (unpaired) electrons. The molecular weight excluding hydrogens is 366 g/mol. The van der Waals surface area contributed by atoms with E-state index in [2.05, 4.69) is 77.0 Å². The first kappa shape index (κ1) is 20.6. The lowest BCUT2D eigenvalue weighted by Gasteiger charge is -2.21. The summed E-state index contributed by atoms with van der Waals surface area (Å²) in [6, 6.07) is 16.9. The van der Waals surface area contributed by atoms with Crippen molar-refractivity contribution in [3.8, 4) is 5.75 Å². The molecule has 2 aromatic carbocycles. The van der Waals surface area contributed by atoms with Gasteiger partial charge in [0.05, 0.1) is 11.3 Å². The molecule has 1 heterocycles. The quantitative estimate of drug-likeness (QED) is 0.392. The maximum absolute atomic E-state index is 5.98. The van der Waals surface area contributed by atoms with Crippen molar-refractivity contribution in [3.63, 3.8) is 0 Å². The van der Waals surface area contributed by atoms with E-state index in [-0.39, 0.29) is 0 Å². The molecule has 3 rings (SSSR count). The molecule has 0 aliphatic carbocycles. The maximum Gasteiger partial charge on any atom is 0.147 e. The van der Waals surface area contributed by atoms with E-state index in [9.17, 15) is 0 Å². The fourth-order valence-corrected chi connectivity index (χ4v) is 4.13. The van der Waals surface area contributed by atoms with Gasteiger partial charge in [0.25, 0.3) is 0 Å². The standard InChI is InChI=1S/C23H31N3OS/c1-3-14-26(15-4-2)18-19-9-7-10-20(17-19)27-16-8-13-24-23-21-11-5-6-12-22(21)28-25-23/h5-7,9-12,17H,3-4,8,13-16,18H2,1-2H3,(H,24,25). The van der Waals surface area contributed by atoms with Gasteiger partial charge in [-0.1, -0.05) is 38.1 Å².